The number of aromatic nitrogens is 2. The standard InChI is InChI=1S/C18H16N2O5S/c1-23-14-6-3-2-5-12(14)18-19-16(25-20-18)11-24-17(22)9-8-13(21)15-7-4-10-26-15/h2-7,10H,8-9,11H2,1H3. The van der Waals surface area contributed by atoms with Crippen molar-refractivity contribution in [3.63, 3.8) is 0 Å². The average molecular weight is 372 g/mol. The number of carbonyl (C=O) groups excluding carboxylic acids is 2. The van der Waals surface area contributed by atoms with Crippen LogP contribution in [0.2, 0.25) is 0 Å². The van der Waals surface area contributed by atoms with Gasteiger partial charge in [0.05, 0.1) is 24.0 Å². The number of methoxy groups -OCH3 is 1. The van der Waals surface area contributed by atoms with Crippen LogP contribution in [0.1, 0.15) is 28.4 Å². The number of para-hydroxylation sites is 1. The number of benzene rings is 1. The number of carbonyl (C=O) groups is 2. The monoisotopic (exact) mass is 372 g/mol. The van der Waals surface area contributed by atoms with Crippen molar-refractivity contribution in [2.75, 3.05) is 7.11 Å². The molecule has 0 atom stereocenters. The minimum absolute atomic E-state index is 0.00420. The number of thiophene rings is 1. The SMILES string of the molecule is COc1ccccc1-c1noc(COC(=O)CCC(=O)c2cccs2)n1. The van der Waals surface area contributed by atoms with Gasteiger partial charge in [-0.15, -0.1) is 11.3 Å². The highest BCUT2D eigenvalue weighted by Crippen LogP contribution is 2.27. The fraction of sp³-hybridized carbons (Fsp3) is 0.222. The molecule has 0 aliphatic heterocycles. The van der Waals surface area contributed by atoms with Gasteiger partial charge in [0.1, 0.15) is 5.75 Å². The van der Waals surface area contributed by atoms with E-state index in [1.165, 1.54) is 11.3 Å². The Morgan fingerprint density at radius 1 is 1.15 bits per heavy atom. The second kappa shape index (κ2) is 8.39. The average Bonchev–Trinajstić information content (AvgIpc) is 3.36. The lowest BCUT2D eigenvalue weighted by Gasteiger charge is -2.03. The lowest BCUT2D eigenvalue weighted by atomic mass is 10.2. The molecule has 1 aromatic carbocycles. The molecule has 0 N–H and O–H groups in total. The lowest BCUT2D eigenvalue weighted by molar-refractivity contribution is -0.145. The summed E-state index contributed by atoms with van der Waals surface area (Å²) in [5, 5.41) is 5.69. The quantitative estimate of drug-likeness (QED) is 0.441. The first-order chi connectivity index (χ1) is 12.7. The molecule has 0 amide bonds. The van der Waals surface area contributed by atoms with Crippen LogP contribution in [-0.2, 0) is 16.1 Å². The number of esters is 1. The van der Waals surface area contributed by atoms with Gasteiger partial charge in [0.15, 0.2) is 12.4 Å². The number of hydrogen-bond donors (Lipinski definition) is 0. The second-order valence-electron chi connectivity index (χ2n) is 5.27. The van der Waals surface area contributed by atoms with Crippen LogP contribution in [0.4, 0.5) is 0 Å². The fourth-order valence-electron chi connectivity index (χ4n) is 2.24. The largest absolute Gasteiger partial charge is 0.496 e. The van der Waals surface area contributed by atoms with Crippen molar-refractivity contribution < 1.29 is 23.6 Å². The van der Waals surface area contributed by atoms with Crippen molar-refractivity contribution in [3.05, 3.63) is 52.5 Å². The summed E-state index contributed by atoms with van der Waals surface area (Å²) in [7, 11) is 1.55. The fourth-order valence-corrected chi connectivity index (χ4v) is 2.94. The summed E-state index contributed by atoms with van der Waals surface area (Å²) in [4.78, 5) is 28.5. The minimum atomic E-state index is -0.494. The molecule has 0 spiro atoms. The summed E-state index contributed by atoms with van der Waals surface area (Å²) in [5.74, 6) is 0.564. The van der Waals surface area contributed by atoms with E-state index in [-0.39, 0.29) is 31.1 Å². The maximum Gasteiger partial charge on any atom is 0.306 e. The molecule has 0 aliphatic rings. The van der Waals surface area contributed by atoms with E-state index in [9.17, 15) is 9.59 Å². The highest BCUT2D eigenvalue weighted by molar-refractivity contribution is 7.12. The van der Waals surface area contributed by atoms with Gasteiger partial charge < -0.3 is 14.0 Å². The molecule has 0 bridgehead atoms. The normalized spacial score (nSPS) is 10.5. The highest BCUT2D eigenvalue weighted by Gasteiger charge is 2.15. The van der Waals surface area contributed by atoms with Crippen LogP contribution in [0.25, 0.3) is 11.4 Å². The molecule has 0 radical (unpaired) electrons. The second-order valence-corrected chi connectivity index (χ2v) is 6.22. The zero-order valence-electron chi connectivity index (χ0n) is 14.0. The van der Waals surface area contributed by atoms with Crippen LogP contribution in [-0.4, -0.2) is 29.0 Å². The summed E-state index contributed by atoms with van der Waals surface area (Å²) in [5.41, 5.74) is 0.679. The molecule has 2 aromatic heterocycles. The maximum atomic E-state index is 11.9. The molecule has 0 fully saturated rings. The molecule has 0 unspecified atom stereocenters. The van der Waals surface area contributed by atoms with Crippen LogP contribution in [0.15, 0.2) is 46.3 Å². The summed E-state index contributed by atoms with van der Waals surface area (Å²) in [6.07, 6.45) is 0.111. The van der Waals surface area contributed by atoms with E-state index in [1.807, 2.05) is 17.5 Å². The summed E-state index contributed by atoms with van der Waals surface area (Å²) < 4.78 is 15.4. The third-order valence-corrected chi connectivity index (χ3v) is 4.44. The van der Waals surface area contributed by atoms with Gasteiger partial charge in [-0.25, -0.2) is 0 Å². The molecule has 0 saturated heterocycles. The van der Waals surface area contributed by atoms with Crippen molar-refractivity contribution in [1.82, 2.24) is 10.1 Å². The van der Waals surface area contributed by atoms with Gasteiger partial charge in [0.25, 0.3) is 5.89 Å². The molecule has 0 saturated carbocycles. The third kappa shape index (κ3) is 4.34. The van der Waals surface area contributed by atoms with E-state index in [2.05, 4.69) is 10.1 Å². The molecule has 7 nitrogen and oxygen atoms in total. The van der Waals surface area contributed by atoms with Crippen LogP contribution in [0.5, 0.6) is 5.75 Å². The van der Waals surface area contributed by atoms with E-state index in [1.54, 1.807) is 31.4 Å². The Morgan fingerprint density at radius 3 is 2.77 bits per heavy atom. The molecule has 8 heteroatoms. The van der Waals surface area contributed by atoms with Gasteiger partial charge >= 0.3 is 5.97 Å². The Morgan fingerprint density at radius 2 is 2.00 bits per heavy atom. The first-order valence-corrected chi connectivity index (χ1v) is 8.73. The Balaban J connectivity index is 1.51. The van der Waals surface area contributed by atoms with E-state index in [0.717, 1.165) is 0 Å². The lowest BCUT2D eigenvalue weighted by Crippen LogP contribution is -2.07. The van der Waals surface area contributed by atoms with Crippen molar-refractivity contribution >= 4 is 23.1 Å². The molecule has 26 heavy (non-hydrogen) atoms. The van der Waals surface area contributed by atoms with Crippen LogP contribution in [0, 0.1) is 0 Å². The molecule has 0 aliphatic carbocycles. The Kier molecular flexibility index (Phi) is 5.75. The maximum absolute atomic E-state index is 11.9. The summed E-state index contributed by atoms with van der Waals surface area (Å²) in [6, 6.07) is 10.8. The van der Waals surface area contributed by atoms with Crippen LogP contribution >= 0.6 is 11.3 Å². The minimum Gasteiger partial charge on any atom is -0.496 e. The van der Waals surface area contributed by atoms with E-state index in [0.29, 0.717) is 22.0 Å². The predicted molar refractivity (Wildman–Crippen MR) is 94.0 cm³/mol. The van der Waals surface area contributed by atoms with Gasteiger partial charge in [-0.05, 0) is 23.6 Å². The smallest absolute Gasteiger partial charge is 0.306 e. The Hall–Kier alpha value is -3.00. The van der Waals surface area contributed by atoms with Crippen LogP contribution in [0.3, 0.4) is 0 Å². The number of rotatable bonds is 8. The van der Waals surface area contributed by atoms with Gasteiger partial charge in [-0.1, -0.05) is 23.4 Å². The predicted octanol–water partition coefficient (Wildman–Crippen LogP) is 3.51. The molecule has 3 aromatic rings. The Bertz CT molecular complexity index is 889. The number of ketones is 1. The molecular formula is C18H16N2O5S. The van der Waals surface area contributed by atoms with Crippen molar-refractivity contribution in [3.8, 4) is 17.1 Å². The molecule has 2 heterocycles. The number of Topliss-reactive ketones (excluding diaryl/α,β-unsaturated/α-hetero) is 1. The molecular weight excluding hydrogens is 356 g/mol. The van der Waals surface area contributed by atoms with Gasteiger partial charge in [-0.2, -0.15) is 4.98 Å². The number of hydrogen-bond acceptors (Lipinski definition) is 8. The van der Waals surface area contributed by atoms with Crippen molar-refractivity contribution in [2.45, 2.75) is 19.4 Å². The number of nitrogens with zero attached hydrogens (tertiary/aromatic N) is 2. The van der Waals surface area contributed by atoms with E-state index in [4.69, 9.17) is 14.0 Å². The highest BCUT2D eigenvalue weighted by atomic mass is 32.1. The van der Waals surface area contributed by atoms with Crippen molar-refractivity contribution in [2.24, 2.45) is 0 Å². The third-order valence-electron chi connectivity index (χ3n) is 3.52. The molecule has 134 valence electrons. The van der Waals surface area contributed by atoms with E-state index < -0.39 is 5.97 Å². The summed E-state index contributed by atoms with van der Waals surface area (Å²) in [6.45, 7) is -0.145. The van der Waals surface area contributed by atoms with Gasteiger partial charge in [0.2, 0.25) is 5.82 Å². The van der Waals surface area contributed by atoms with Gasteiger partial charge in [-0.3, -0.25) is 9.59 Å². The molecule has 3 rings (SSSR count). The Labute approximate surface area is 153 Å². The summed E-state index contributed by atoms with van der Waals surface area (Å²) >= 11 is 1.35. The topological polar surface area (TPSA) is 91.5 Å². The first kappa shape index (κ1) is 17.8. The van der Waals surface area contributed by atoms with E-state index >= 15 is 0 Å². The first-order valence-electron chi connectivity index (χ1n) is 7.85. The van der Waals surface area contributed by atoms with Gasteiger partial charge in [0, 0.05) is 6.42 Å². The van der Waals surface area contributed by atoms with Crippen molar-refractivity contribution in [1.29, 1.82) is 0 Å². The number of ether oxygens (including phenoxy) is 2. The zero-order chi connectivity index (χ0) is 18.4. The zero-order valence-corrected chi connectivity index (χ0v) is 14.8. The van der Waals surface area contributed by atoms with Crippen LogP contribution < -0.4 is 4.74 Å².